The van der Waals surface area contributed by atoms with Gasteiger partial charge in [-0.2, -0.15) is 0 Å². The standard InChI is InChI=1S/C19H23N3O5S/c1-21(2)15-8-3-7-14-13(15)6-4-10-17(14)28(26,27)20-12-18(23)22-11-5-9-16(22)19(24)25/h3-4,6-8,10,16,20H,5,9,11-12H2,1-2H3,(H,24,25)/t16-/m0/s1. The van der Waals surface area contributed by atoms with Crippen molar-refractivity contribution in [1.82, 2.24) is 9.62 Å². The smallest absolute Gasteiger partial charge is 0.326 e. The third-order valence-electron chi connectivity index (χ3n) is 4.90. The van der Waals surface area contributed by atoms with Gasteiger partial charge in [0.05, 0.1) is 11.4 Å². The number of anilines is 1. The van der Waals surface area contributed by atoms with Crippen LogP contribution in [-0.4, -0.2) is 63.5 Å². The average molecular weight is 405 g/mol. The molecule has 9 heteroatoms. The Morgan fingerprint density at radius 1 is 1.18 bits per heavy atom. The lowest BCUT2D eigenvalue weighted by Gasteiger charge is -2.21. The molecule has 3 rings (SSSR count). The fourth-order valence-corrected chi connectivity index (χ4v) is 4.74. The van der Waals surface area contributed by atoms with Gasteiger partial charge >= 0.3 is 5.97 Å². The van der Waals surface area contributed by atoms with E-state index in [0.29, 0.717) is 24.8 Å². The predicted molar refractivity (Wildman–Crippen MR) is 106 cm³/mol. The molecule has 0 saturated carbocycles. The van der Waals surface area contributed by atoms with Crippen LogP contribution in [0.4, 0.5) is 5.69 Å². The van der Waals surface area contributed by atoms with Gasteiger partial charge in [0.25, 0.3) is 0 Å². The molecule has 1 aliphatic heterocycles. The van der Waals surface area contributed by atoms with Crippen LogP contribution in [0, 0.1) is 0 Å². The van der Waals surface area contributed by atoms with Gasteiger partial charge in [-0.15, -0.1) is 0 Å². The number of benzene rings is 2. The molecule has 0 aromatic heterocycles. The van der Waals surface area contributed by atoms with Crippen LogP contribution >= 0.6 is 0 Å². The summed E-state index contributed by atoms with van der Waals surface area (Å²) in [5, 5.41) is 10.5. The summed E-state index contributed by atoms with van der Waals surface area (Å²) < 4.78 is 28.0. The van der Waals surface area contributed by atoms with Gasteiger partial charge in [0.1, 0.15) is 6.04 Å². The number of nitrogens with zero attached hydrogens (tertiary/aromatic N) is 2. The molecule has 150 valence electrons. The van der Waals surface area contributed by atoms with Crippen LogP contribution in [0.5, 0.6) is 0 Å². The van der Waals surface area contributed by atoms with E-state index in [1.165, 1.54) is 11.0 Å². The van der Waals surface area contributed by atoms with Crippen molar-refractivity contribution in [2.24, 2.45) is 0 Å². The molecule has 8 nitrogen and oxygen atoms in total. The number of carboxylic acids is 1. The molecular weight excluding hydrogens is 382 g/mol. The molecule has 2 N–H and O–H groups in total. The molecule has 2 aromatic carbocycles. The van der Waals surface area contributed by atoms with E-state index in [9.17, 15) is 23.1 Å². The number of hydrogen-bond acceptors (Lipinski definition) is 5. The summed E-state index contributed by atoms with van der Waals surface area (Å²) in [6, 6.07) is 9.50. The largest absolute Gasteiger partial charge is 0.480 e. The molecule has 0 spiro atoms. The lowest BCUT2D eigenvalue weighted by Crippen LogP contribution is -2.45. The number of carboxylic acid groups (broad SMARTS) is 1. The van der Waals surface area contributed by atoms with Gasteiger partial charge in [0, 0.05) is 37.1 Å². The van der Waals surface area contributed by atoms with Crippen molar-refractivity contribution < 1.29 is 23.1 Å². The van der Waals surface area contributed by atoms with Crippen molar-refractivity contribution in [1.29, 1.82) is 0 Å². The first-order valence-electron chi connectivity index (χ1n) is 8.93. The lowest BCUT2D eigenvalue weighted by atomic mass is 10.1. The highest BCUT2D eigenvalue weighted by Gasteiger charge is 2.34. The van der Waals surface area contributed by atoms with Crippen LogP contribution in [0.2, 0.25) is 0 Å². The van der Waals surface area contributed by atoms with Crippen LogP contribution in [0.25, 0.3) is 10.8 Å². The van der Waals surface area contributed by atoms with Gasteiger partial charge in [0.15, 0.2) is 0 Å². The number of carbonyl (C=O) groups is 2. The Balaban J connectivity index is 1.85. The van der Waals surface area contributed by atoms with Crippen molar-refractivity contribution in [3.63, 3.8) is 0 Å². The topological polar surface area (TPSA) is 107 Å². The lowest BCUT2D eigenvalue weighted by molar-refractivity contribution is -0.147. The molecule has 1 fully saturated rings. The Morgan fingerprint density at radius 2 is 1.86 bits per heavy atom. The molecule has 0 unspecified atom stereocenters. The molecule has 0 aliphatic carbocycles. The maximum atomic E-state index is 12.9. The minimum Gasteiger partial charge on any atom is -0.480 e. The highest BCUT2D eigenvalue weighted by molar-refractivity contribution is 7.89. The Morgan fingerprint density at radius 3 is 2.54 bits per heavy atom. The highest BCUT2D eigenvalue weighted by atomic mass is 32.2. The first-order chi connectivity index (χ1) is 13.2. The normalized spacial score (nSPS) is 17.1. The van der Waals surface area contributed by atoms with Crippen molar-refractivity contribution in [3.05, 3.63) is 36.4 Å². The molecule has 1 heterocycles. The molecule has 1 saturated heterocycles. The molecule has 0 radical (unpaired) electrons. The van der Waals surface area contributed by atoms with E-state index in [-0.39, 0.29) is 4.90 Å². The van der Waals surface area contributed by atoms with Gasteiger partial charge < -0.3 is 14.9 Å². The maximum absolute atomic E-state index is 12.9. The third-order valence-corrected chi connectivity index (χ3v) is 6.36. The average Bonchev–Trinajstić information content (AvgIpc) is 3.15. The molecule has 0 bridgehead atoms. The number of carbonyl (C=O) groups excluding carboxylic acids is 1. The highest BCUT2D eigenvalue weighted by Crippen LogP contribution is 2.30. The van der Waals surface area contributed by atoms with E-state index in [1.54, 1.807) is 18.2 Å². The van der Waals surface area contributed by atoms with Gasteiger partial charge in [-0.1, -0.05) is 24.3 Å². The Hall–Kier alpha value is -2.65. The van der Waals surface area contributed by atoms with Crippen LogP contribution in [-0.2, 0) is 19.6 Å². The number of sulfonamides is 1. The molecular formula is C19H23N3O5S. The predicted octanol–water partition coefficient (Wildman–Crippen LogP) is 1.26. The van der Waals surface area contributed by atoms with Crippen molar-refractivity contribution in [2.75, 3.05) is 32.1 Å². The van der Waals surface area contributed by atoms with E-state index in [2.05, 4.69) is 4.72 Å². The Bertz CT molecular complexity index is 1020. The van der Waals surface area contributed by atoms with Crippen molar-refractivity contribution in [2.45, 2.75) is 23.8 Å². The monoisotopic (exact) mass is 405 g/mol. The minimum atomic E-state index is -3.96. The van der Waals surface area contributed by atoms with Crippen LogP contribution in [0.1, 0.15) is 12.8 Å². The zero-order valence-electron chi connectivity index (χ0n) is 15.8. The van der Waals surface area contributed by atoms with Crippen LogP contribution in [0.3, 0.4) is 0 Å². The van der Waals surface area contributed by atoms with Gasteiger partial charge in [-0.3, -0.25) is 4.79 Å². The number of likely N-dealkylation sites (tertiary alicyclic amines) is 1. The summed E-state index contributed by atoms with van der Waals surface area (Å²) in [7, 11) is -0.202. The summed E-state index contributed by atoms with van der Waals surface area (Å²) in [6.45, 7) is -0.159. The third kappa shape index (κ3) is 3.81. The van der Waals surface area contributed by atoms with E-state index in [4.69, 9.17) is 0 Å². The molecule has 1 amide bonds. The SMILES string of the molecule is CN(C)c1cccc2c(S(=O)(=O)NCC(=O)N3CCC[C@H]3C(=O)O)cccc12. The van der Waals surface area contributed by atoms with Gasteiger partial charge in [0.2, 0.25) is 15.9 Å². The molecule has 1 atom stereocenters. The minimum absolute atomic E-state index is 0.0812. The first-order valence-corrected chi connectivity index (χ1v) is 10.4. The summed E-state index contributed by atoms with van der Waals surface area (Å²) in [5.74, 6) is -1.61. The van der Waals surface area contributed by atoms with E-state index >= 15 is 0 Å². The van der Waals surface area contributed by atoms with E-state index in [0.717, 1.165) is 11.1 Å². The maximum Gasteiger partial charge on any atom is 0.326 e. The quantitative estimate of drug-likeness (QED) is 0.749. The number of aliphatic carboxylic acids is 1. The second-order valence-electron chi connectivity index (χ2n) is 6.93. The van der Waals surface area contributed by atoms with Gasteiger partial charge in [-0.25, -0.2) is 17.9 Å². The van der Waals surface area contributed by atoms with Crippen LogP contribution in [0.15, 0.2) is 41.3 Å². The van der Waals surface area contributed by atoms with Gasteiger partial charge in [-0.05, 0) is 25.0 Å². The molecule has 1 aliphatic rings. The van der Waals surface area contributed by atoms with E-state index < -0.39 is 34.5 Å². The second-order valence-corrected chi connectivity index (χ2v) is 8.67. The Labute approximate surface area is 163 Å². The van der Waals surface area contributed by atoms with Crippen molar-refractivity contribution in [3.8, 4) is 0 Å². The summed E-state index contributed by atoms with van der Waals surface area (Å²) in [6.07, 6.45) is 0.969. The fraction of sp³-hybridized carbons (Fsp3) is 0.368. The zero-order valence-corrected chi connectivity index (χ0v) is 16.6. The van der Waals surface area contributed by atoms with Crippen molar-refractivity contribution >= 4 is 38.4 Å². The number of nitrogens with one attached hydrogen (secondary N) is 1. The number of hydrogen-bond donors (Lipinski definition) is 2. The number of rotatable bonds is 6. The first kappa shape index (κ1) is 20.1. The summed E-state index contributed by atoms with van der Waals surface area (Å²) in [4.78, 5) is 26.8. The molecule has 2 aromatic rings. The zero-order chi connectivity index (χ0) is 20.5. The summed E-state index contributed by atoms with van der Waals surface area (Å²) >= 11 is 0. The Kier molecular flexibility index (Phi) is 5.57. The summed E-state index contributed by atoms with van der Waals surface area (Å²) in [5.41, 5.74) is 0.881. The number of amides is 1. The fourth-order valence-electron chi connectivity index (χ4n) is 3.55. The second kappa shape index (κ2) is 7.76. The van der Waals surface area contributed by atoms with Crippen LogP contribution < -0.4 is 9.62 Å². The molecule has 28 heavy (non-hydrogen) atoms. The number of fused-ring (bicyclic) bond motifs is 1. The van der Waals surface area contributed by atoms with E-state index in [1.807, 2.05) is 31.1 Å².